The van der Waals surface area contributed by atoms with Crippen LogP contribution in [-0.2, 0) is 36.8 Å². The highest BCUT2D eigenvalue weighted by Crippen LogP contribution is 2.12. The Balaban J connectivity index is 2.20. The van der Waals surface area contributed by atoms with Crippen molar-refractivity contribution in [2.24, 2.45) is 11.5 Å². The van der Waals surface area contributed by atoms with Gasteiger partial charge in [-0.1, -0.05) is 42.5 Å². The fraction of sp³-hybridized carbons (Fsp3) is 0.370. The lowest BCUT2D eigenvalue weighted by Gasteiger charge is -2.25. The molecule has 0 bridgehead atoms. The number of aromatic hydroxyl groups is 1. The number of amides is 4. The standard InChI is InChI=1S/C27H35N5O7S/c1-40-12-11-20(25(36)32-22(27(38)39)14-17-7-9-18(33)10-8-17)30-26(37)21(13-16-5-3-2-4-6-16)31-24(35)19(28)15-23(29)34/h2-10,19-22,33H,11-15,28H2,1H3,(H2,29,34)(H,30,37)(H,31,35)(H,32,36)(H,38,39). The van der Waals surface area contributed by atoms with Crippen molar-refractivity contribution in [3.05, 3.63) is 65.7 Å². The predicted molar refractivity (Wildman–Crippen MR) is 150 cm³/mol. The molecule has 0 radical (unpaired) electrons. The number of primary amides is 1. The molecule has 0 fully saturated rings. The number of hydrogen-bond donors (Lipinski definition) is 7. The van der Waals surface area contributed by atoms with Gasteiger partial charge in [0, 0.05) is 12.8 Å². The Labute approximate surface area is 236 Å². The van der Waals surface area contributed by atoms with Gasteiger partial charge in [0.05, 0.1) is 12.5 Å². The van der Waals surface area contributed by atoms with E-state index in [0.717, 1.165) is 5.56 Å². The number of aliphatic carboxylic acids is 1. The Morgan fingerprint density at radius 2 is 1.32 bits per heavy atom. The number of hydrogen-bond acceptors (Lipinski definition) is 8. The molecule has 0 aliphatic heterocycles. The molecular formula is C27H35N5O7S. The summed E-state index contributed by atoms with van der Waals surface area (Å²) >= 11 is 1.43. The van der Waals surface area contributed by atoms with Crippen LogP contribution in [0, 0.1) is 0 Å². The molecule has 0 aliphatic carbocycles. The number of nitrogens with two attached hydrogens (primary N) is 2. The molecule has 40 heavy (non-hydrogen) atoms. The Morgan fingerprint density at radius 3 is 1.90 bits per heavy atom. The number of phenols is 1. The molecule has 12 nitrogen and oxygen atoms in total. The summed E-state index contributed by atoms with van der Waals surface area (Å²) in [7, 11) is 0. The molecule has 9 N–H and O–H groups in total. The Kier molecular flexibility index (Phi) is 12.9. The molecule has 0 aliphatic rings. The van der Waals surface area contributed by atoms with Crippen molar-refractivity contribution < 1.29 is 34.2 Å². The summed E-state index contributed by atoms with van der Waals surface area (Å²) < 4.78 is 0. The van der Waals surface area contributed by atoms with Gasteiger partial charge in [-0.3, -0.25) is 19.2 Å². The van der Waals surface area contributed by atoms with Crippen LogP contribution in [0.4, 0.5) is 0 Å². The summed E-state index contributed by atoms with van der Waals surface area (Å²) in [6.07, 6.45) is 1.62. The second-order valence-electron chi connectivity index (χ2n) is 9.14. The maximum atomic E-state index is 13.4. The van der Waals surface area contributed by atoms with Crippen molar-refractivity contribution in [1.82, 2.24) is 16.0 Å². The van der Waals surface area contributed by atoms with Crippen LogP contribution in [0.3, 0.4) is 0 Å². The number of benzene rings is 2. The molecular weight excluding hydrogens is 538 g/mol. The van der Waals surface area contributed by atoms with Gasteiger partial charge in [0.1, 0.15) is 23.9 Å². The first-order chi connectivity index (χ1) is 19.0. The van der Waals surface area contributed by atoms with Gasteiger partial charge in [-0.15, -0.1) is 0 Å². The molecule has 2 rings (SSSR count). The van der Waals surface area contributed by atoms with E-state index in [1.165, 1.54) is 23.9 Å². The molecule has 2 aromatic carbocycles. The van der Waals surface area contributed by atoms with E-state index in [9.17, 15) is 34.2 Å². The monoisotopic (exact) mass is 573 g/mol. The van der Waals surface area contributed by atoms with E-state index in [1.54, 1.807) is 42.5 Å². The van der Waals surface area contributed by atoms with Gasteiger partial charge >= 0.3 is 5.97 Å². The largest absolute Gasteiger partial charge is 0.508 e. The maximum absolute atomic E-state index is 13.4. The zero-order chi connectivity index (χ0) is 29.7. The van der Waals surface area contributed by atoms with E-state index >= 15 is 0 Å². The number of carboxylic acid groups (broad SMARTS) is 1. The van der Waals surface area contributed by atoms with Gasteiger partial charge in [-0.05, 0) is 41.7 Å². The zero-order valence-corrected chi connectivity index (χ0v) is 22.9. The number of phenolic OH excluding ortho intramolecular Hbond substituents is 1. The number of rotatable bonds is 16. The molecule has 216 valence electrons. The molecule has 4 atom stereocenters. The Hall–Kier alpha value is -4.10. The fourth-order valence-electron chi connectivity index (χ4n) is 3.76. The Bertz CT molecular complexity index is 1160. The predicted octanol–water partition coefficient (Wildman–Crippen LogP) is -0.328. The minimum atomic E-state index is -1.29. The summed E-state index contributed by atoms with van der Waals surface area (Å²) in [5.74, 6) is -3.70. The molecule has 2 aromatic rings. The van der Waals surface area contributed by atoms with E-state index in [4.69, 9.17) is 11.5 Å². The molecule has 0 spiro atoms. The summed E-state index contributed by atoms with van der Waals surface area (Å²) in [4.78, 5) is 62.2. The number of carbonyl (C=O) groups excluding carboxylic acids is 4. The second kappa shape index (κ2) is 16.1. The lowest BCUT2D eigenvalue weighted by molar-refractivity contribution is -0.142. The van der Waals surface area contributed by atoms with Crippen molar-refractivity contribution >= 4 is 41.4 Å². The van der Waals surface area contributed by atoms with Gasteiger partial charge in [0.2, 0.25) is 23.6 Å². The van der Waals surface area contributed by atoms with Crippen molar-refractivity contribution in [2.75, 3.05) is 12.0 Å². The highest BCUT2D eigenvalue weighted by atomic mass is 32.2. The second-order valence-corrected chi connectivity index (χ2v) is 10.1. The zero-order valence-electron chi connectivity index (χ0n) is 22.0. The van der Waals surface area contributed by atoms with Crippen LogP contribution in [0.15, 0.2) is 54.6 Å². The first-order valence-electron chi connectivity index (χ1n) is 12.5. The summed E-state index contributed by atoms with van der Waals surface area (Å²) in [6, 6.07) is 9.94. The maximum Gasteiger partial charge on any atom is 0.326 e. The van der Waals surface area contributed by atoms with Crippen LogP contribution in [0.25, 0.3) is 0 Å². The van der Waals surface area contributed by atoms with Crippen molar-refractivity contribution in [2.45, 2.75) is 49.9 Å². The third-order valence-electron chi connectivity index (χ3n) is 5.91. The average Bonchev–Trinajstić information content (AvgIpc) is 2.91. The normalized spacial score (nSPS) is 13.8. The molecule has 4 unspecified atom stereocenters. The minimum absolute atomic E-state index is 0.0206. The summed E-state index contributed by atoms with van der Waals surface area (Å²) in [5.41, 5.74) is 12.2. The number of nitrogens with one attached hydrogen (secondary N) is 3. The average molecular weight is 574 g/mol. The van der Waals surface area contributed by atoms with E-state index in [0.29, 0.717) is 11.3 Å². The lowest BCUT2D eigenvalue weighted by Crippen LogP contribution is -2.58. The summed E-state index contributed by atoms with van der Waals surface area (Å²) in [6.45, 7) is 0. The van der Waals surface area contributed by atoms with Gasteiger partial charge in [0.25, 0.3) is 0 Å². The highest BCUT2D eigenvalue weighted by molar-refractivity contribution is 7.98. The van der Waals surface area contributed by atoms with Crippen molar-refractivity contribution in [1.29, 1.82) is 0 Å². The SMILES string of the molecule is CSCCC(NC(=O)C(Cc1ccccc1)NC(=O)C(N)CC(N)=O)C(=O)NC(Cc1ccc(O)cc1)C(=O)O. The molecule has 0 heterocycles. The topological polar surface area (TPSA) is 214 Å². The van der Waals surface area contributed by atoms with E-state index in [-0.39, 0.29) is 25.0 Å². The minimum Gasteiger partial charge on any atom is -0.508 e. The van der Waals surface area contributed by atoms with Crippen LogP contribution < -0.4 is 27.4 Å². The Morgan fingerprint density at radius 1 is 0.800 bits per heavy atom. The first kappa shape index (κ1) is 32.1. The molecule has 4 amide bonds. The molecule has 0 aromatic heterocycles. The van der Waals surface area contributed by atoms with Gasteiger partial charge in [-0.25, -0.2) is 4.79 Å². The molecule has 0 saturated heterocycles. The van der Waals surface area contributed by atoms with E-state index in [1.807, 2.05) is 6.26 Å². The third-order valence-corrected chi connectivity index (χ3v) is 6.55. The first-order valence-corrected chi connectivity index (χ1v) is 13.9. The van der Waals surface area contributed by atoms with Crippen molar-refractivity contribution in [3.63, 3.8) is 0 Å². The van der Waals surface area contributed by atoms with Crippen LogP contribution in [0.5, 0.6) is 5.75 Å². The van der Waals surface area contributed by atoms with Gasteiger partial charge < -0.3 is 37.6 Å². The molecule has 13 heteroatoms. The smallest absolute Gasteiger partial charge is 0.326 e. The quantitative estimate of drug-likeness (QED) is 0.140. The summed E-state index contributed by atoms with van der Waals surface area (Å²) in [5, 5.41) is 26.8. The highest BCUT2D eigenvalue weighted by Gasteiger charge is 2.30. The molecule has 0 saturated carbocycles. The van der Waals surface area contributed by atoms with Crippen LogP contribution in [-0.4, -0.2) is 76.0 Å². The van der Waals surface area contributed by atoms with Gasteiger partial charge in [-0.2, -0.15) is 11.8 Å². The lowest BCUT2D eigenvalue weighted by atomic mass is 10.0. The third kappa shape index (κ3) is 10.9. The van der Waals surface area contributed by atoms with Crippen LogP contribution >= 0.6 is 11.8 Å². The fourth-order valence-corrected chi connectivity index (χ4v) is 4.24. The van der Waals surface area contributed by atoms with Crippen LogP contribution in [0.2, 0.25) is 0 Å². The van der Waals surface area contributed by atoms with Gasteiger partial charge in [0.15, 0.2) is 0 Å². The number of carboxylic acids is 1. The van der Waals surface area contributed by atoms with E-state index < -0.39 is 60.2 Å². The number of thioether (sulfide) groups is 1. The van der Waals surface area contributed by atoms with E-state index in [2.05, 4.69) is 16.0 Å². The van der Waals surface area contributed by atoms with Crippen LogP contribution in [0.1, 0.15) is 24.0 Å². The van der Waals surface area contributed by atoms with Crippen molar-refractivity contribution in [3.8, 4) is 5.75 Å². The number of carbonyl (C=O) groups is 5.